The SMILES string of the molecule is C=CCOC(=O)NCCc1nc2cc(CS(=O)(=O)c3ccc(F)cc3)ccc2n1CC(=O)O. The summed E-state index contributed by atoms with van der Waals surface area (Å²) in [4.78, 5) is 27.3. The summed E-state index contributed by atoms with van der Waals surface area (Å²) in [5, 5.41) is 11.8. The molecular formula is C22H22FN3O6S. The van der Waals surface area contributed by atoms with Gasteiger partial charge in [-0.3, -0.25) is 4.79 Å². The Morgan fingerprint density at radius 2 is 1.94 bits per heavy atom. The Labute approximate surface area is 189 Å². The molecule has 3 rings (SSSR count). The van der Waals surface area contributed by atoms with E-state index >= 15 is 0 Å². The molecule has 0 radical (unpaired) electrons. The fraction of sp³-hybridized carbons (Fsp3) is 0.227. The number of imidazole rings is 1. The number of carbonyl (C=O) groups excluding carboxylic acids is 1. The van der Waals surface area contributed by atoms with Crippen molar-refractivity contribution >= 4 is 32.9 Å². The van der Waals surface area contributed by atoms with Crippen molar-refractivity contribution in [3.63, 3.8) is 0 Å². The van der Waals surface area contributed by atoms with Gasteiger partial charge in [0.05, 0.1) is 21.7 Å². The van der Waals surface area contributed by atoms with Gasteiger partial charge in [-0.25, -0.2) is 22.6 Å². The lowest BCUT2D eigenvalue weighted by atomic mass is 10.2. The summed E-state index contributed by atoms with van der Waals surface area (Å²) in [5.74, 6) is -1.52. The lowest BCUT2D eigenvalue weighted by Gasteiger charge is -2.08. The van der Waals surface area contributed by atoms with E-state index < -0.39 is 27.7 Å². The minimum absolute atomic E-state index is 0.00416. The molecule has 0 bridgehead atoms. The van der Waals surface area contributed by atoms with Crippen molar-refractivity contribution in [3.05, 3.63) is 72.3 Å². The third-order valence-electron chi connectivity index (χ3n) is 4.66. The van der Waals surface area contributed by atoms with Gasteiger partial charge in [-0.1, -0.05) is 18.7 Å². The van der Waals surface area contributed by atoms with Gasteiger partial charge >= 0.3 is 12.1 Å². The molecule has 0 aliphatic heterocycles. The zero-order valence-corrected chi connectivity index (χ0v) is 18.3. The molecule has 0 saturated carbocycles. The maximum Gasteiger partial charge on any atom is 0.407 e. The smallest absolute Gasteiger partial charge is 0.407 e. The molecule has 0 aliphatic carbocycles. The van der Waals surface area contributed by atoms with E-state index in [2.05, 4.69) is 16.9 Å². The molecule has 0 unspecified atom stereocenters. The second kappa shape index (κ2) is 10.3. The van der Waals surface area contributed by atoms with E-state index in [1.807, 2.05) is 0 Å². The Bertz CT molecular complexity index is 1290. The number of nitrogens with one attached hydrogen (secondary N) is 1. The van der Waals surface area contributed by atoms with Crippen molar-refractivity contribution in [3.8, 4) is 0 Å². The van der Waals surface area contributed by atoms with Crippen LogP contribution in [0, 0.1) is 5.82 Å². The summed E-state index contributed by atoms with van der Waals surface area (Å²) in [5.41, 5.74) is 1.39. The first kappa shape index (κ1) is 23.9. The number of aliphatic carboxylic acids is 1. The van der Waals surface area contributed by atoms with Crippen molar-refractivity contribution in [2.24, 2.45) is 0 Å². The van der Waals surface area contributed by atoms with Crippen LogP contribution in [0.1, 0.15) is 11.4 Å². The molecule has 0 fully saturated rings. The van der Waals surface area contributed by atoms with Crippen LogP contribution in [0.3, 0.4) is 0 Å². The van der Waals surface area contributed by atoms with Gasteiger partial charge in [-0.2, -0.15) is 0 Å². The van der Waals surface area contributed by atoms with Gasteiger partial charge < -0.3 is 19.7 Å². The summed E-state index contributed by atoms with van der Waals surface area (Å²) in [6.45, 7) is 3.32. The summed E-state index contributed by atoms with van der Waals surface area (Å²) in [6.07, 6.45) is 1.03. The highest BCUT2D eigenvalue weighted by molar-refractivity contribution is 7.90. The number of halogens is 1. The number of ether oxygens (including phenoxy) is 1. The summed E-state index contributed by atoms with van der Waals surface area (Å²) in [6, 6.07) is 9.33. The molecule has 0 atom stereocenters. The van der Waals surface area contributed by atoms with Gasteiger partial charge in [0.1, 0.15) is 24.8 Å². The quantitative estimate of drug-likeness (QED) is 0.341. The van der Waals surface area contributed by atoms with Crippen molar-refractivity contribution < 1.29 is 32.2 Å². The van der Waals surface area contributed by atoms with Crippen LogP contribution >= 0.6 is 0 Å². The number of alkyl carbamates (subject to hydrolysis) is 1. The van der Waals surface area contributed by atoms with Crippen LogP contribution in [0.4, 0.5) is 9.18 Å². The van der Waals surface area contributed by atoms with Crippen LogP contribution in [0.15, 0.2) is 60.0 Å². The topological polar surface area (TPSA) is 128 Å². The number of carboxylic acid groups (broad SMARTS) is 1. The minimum atomic E-state index is -3.72. The van der Waals surface area contributed by atoms with Gasteiger partial charge in [0.15, 0.2) is 9.84 Å². The zero-order chi connectivity index (χ0) is 24.0. The normalized spacial score (nSPS) is 11.3. The predicted molar refractivity (Wildman–Crippen MR) is 118 cm³/mol. The van der Waals surface area contributed by atoms with Crippen LogP contribution in [0.5, 0.6) is 0 Å². The van der Waals surface area contributed by atoms with Crippen molar-refractivity contribution in [1.82, 2.24) is 14.9 Å². The number of hydrogen-bond acceptors (Lipinski definition) is 6. The molecule has 174 valence electrons. The number of sulfone groups is 1. The number of fused-ring (bicyclic) bond motifs is 1. The second-order valence-electron chi connectivity index (χ2n) is 7.11. The highest BCUT2D eigenvalue weighted by atomic mass is 32.2. The summed E-state index contributed by atoms with van der Waals surface area (Å²) >= 11 is 0. The van der Waals surface area contributed by atoms with Crippen molar-refractivity contribution in [2.75, 3.05) is 13.2 Å². The van der Waals surface area contributed by atoms with Gasteiger partial charge in [-0.15, -0.1) is 0 Å². The molecule has 0 saturated heterocycles. The number of hydrogen-bond donors (Lipinski definition) is 2. The molecule has 2 aromatic carbocycles. The van der Waals surface area contributed by atoms with Gasteiger partial charge in [0, 0.05) is 13.0 Å². The minimum Gasteiger partial charge on any atom is -0.480 e. The Balaban J connectivity index is 1.83. The van der Waals surface area contributed by atoms with Crippen LogP contribution in [-0.4, -0.2) is 48.3 Å². The third-order valence-corrected chi connectivity index (χ3v) is 6.37. The van der Waals surface area contributed by atoms with E-state index in [9.17, 15) is 27.5 Å². The van der Waals surface area contributed by atoms with Crippen molar-refractivity contribution in [1.29, 1.82) is 0 Å². The molecule has 1 amide bonds. The maximum atomic E-state index is 13.1. The number of amides is 1. The van der Waals surface area contributed by atoms with E-state index in [0.717, 1.165) is 12.1 Å². The van der Waals surface area contributed by atoms with E-state index in [1.54, 1.807) is 18.2 Å². The van der Waals surface area contributed by atoms with Crippen LogP contribution in [0.25, 0.3) is 11.0 Å². The molecule has 2 N–H and O–H groups in total. The fourth-order valence-corrected chi connectivity index (χ4v) is 4.56. The second-order valence-corrected chi connectivity index (χ2v) is 9.10. The van der Waals surface area contributed by atoms with Gasteiger partial charge in [-0.05, 0) is 42.0 Å². The summed E-state index contributed by atoms with van der Waals surface area (Å²) < 4.78 is 44.8. The molecule has 33 heavy (non-hydrogen) atoms. The molecule has 0 spiro atoms. The Morgan fingerprint density at radius 1 is 1.21 bits per heavy atom. The molecule has 3 aromatic rings. The molecule has 1 aromatic heterocycles. The average Bonchev–Trinajstić information content (AvgIpc) is 3.08. The number of aromatic nitrogens is 2. The lowest BCUT2D eigenvalue weighted by Crippen LogP contribution is -2.27. The Kier molecular flexibility index (Phi) is 7.44. The Morgan fingerprint density at radius 3 is 2.61 bits per heavy atom. The molecular weight excluding hydrogens is 453 g/mol. The molecule has 11 heteroatoms. The number of nitrogens with zero attached hydrogens (tertiary/aromatic N) is 2. The van der Waals surface area contributed by atoms with E-state index in [1.165, 1.54) is 22.8 Å². The first-order valence-electron chi connectivity index (χ1n) is 9.89. The third kappa shape index (κ3) is 6.16. The zero-order valence-electron chi connectivity index (χ0n) is 17.5. The van der Waals surface area contributed by atoms with E-state index in [0.29, 0.717) is 22.4 Å². The molecule has 1 heterocycles. The predicted octanol–water partition coefficient (Wildman–Crippen LogP) is 2.69. The van der Waals surface area contributed by atoms with Crippen LogP contribution in [-0.2, 0) is 38.1 Å². The maximum absolute atomic E-state index is 13.1. The largest absolute Gasteiger partial charge is 0.480 e. The van der Waals surface area contributed by atoms with E-state index in [4.69, 9.17) is 4.74 Å². The Hall–Kier alpha value is -3.73. The standard InChI is InChI=1S/C22H22FN3O6S/c1-2-11-32-22(29)24-10-9-20-25-18-12-15(3-8-19(18)26(20)13-21(27)28)14-33(30,31)17-6-4-16(23)5-7-17/h2-8,12H,1,9-11,13-14H2,(H,24,29)(H,27,28). The van der Waals surface area contributed by atoms with Crippen molar-refractivity contribution in [2.45, 2.75) is 23.6 Å². The fourth-order valence-electron chi connectivity index (χ4n) is 3.22. The molecule has 0 aliphatic rings. The highest BCUT2D eigenvalue weighted by Gasteiger charge is 2.18. The van der Waals surface area contributed by atoms with Gasteiger partial charge in [0.2, 0.25) is 0 Å². The first-order valence-corrected chi connectivity index (χ1v) is 11.5. The number of benzene rings is 2. The van der Waals surface area contributed by atoms with E-state index in [-0.39, 0.29) is 36.8 Å². The average molecular weight is 475 g/mol. The number of carboxylic acids is 1. The monoisotopic (exact) mass is 475 g/mol. The highest BCUT2D eigenvalue weighted by Crippen LogP contribution is 2.22. The van der Waals surface area contributed by atoms with Crippen LogP contribution in [0.2, 0.25) is 0 Å². The molecule has 9 nitrogen and oxygen atoms in total. The summed E-state index contributed by atoms with van der Waals surface area (Å²) in [7, 11) is -3.72. The lowest BCUT2D eigenvalue weighted by molar-refractivity contribution is -0.137. The number of rotatable bonds is 10. The van der Waals surface area contributed by atoms with Crippen LogP contribution < -0.4 is 5.32 Å². The number of carbonyl (C=O) groups is 2. The first-order chi connectivity index (χ1) is 15.7. The van der Waals surface area contributed by atoms with Gasteiger partial charge in [0.25, 0.3) is 0 Å².